The molecule has 3 N–H and O–H groups in total. The quantitative estimate of drug-likeness (QED) is 0.212. The van der Waals surface area contributed by atoms with Crippen molar-refractivity contribution in [3.63, 3.8) is 0 Å². The van der Waals surface area contributed by atoms with Crippen LogP contribution in [-0.4, -0.2) is 42.9 Å². The zero-order chi connectivity index (χ0) is 31.3. The molecule has 0 aliphatic carbocycles. The summed E-state index contributed by atoms with van der Waals surface area (Å²) in [5, 5.41) is 14.6. The van der Waals surface area contributed by atoms with Crippen LogP contribution in [0.2, 0.25) is 5.02 Å². The number of benzene rings is 3. The Bertz CT molecular complexity index is 1610. The summed E-state index contributed by atoms with van der Waals surface area (Å²) >= 11 is 6.23. The fourth-order valence-electron chi connectivity index (χ4n) is 4.78. The Hall–Kier alpha value is -3.29. The topological polar surface area (TPSA) is 96.0 Å². The van der Waals surface area contributed by atoms with Gasteiger partial charge in [-0.3, -0.25) is 5.01 Å². The van der Waals surface area contributed by atoms with E-state index in [9.17, 15) is 39.9 Å². The van der Waals surface area contributed by atoms with Gasteiger partial charge in [0, 0.05) is 17.7 Å². The summed E-state index contributed by atoms with van der Waals surface area (Å²) in [6.45, 7) is 3.54. The molecule has 0 saturated heterocycles. The Morgan fingerprint density at radius 3 is 2.21 bits per heavy atom. The molecule has 0 aromatic heterocycles. The lowest BCUT2D eigenvalue weighted by atomic mass is 9.89. The number of anilines is 2. The van der Waals surface area contributed by atoms with E-state index in [1.807, 2.05) is 0 Å². The first-order chi connectivity index (χ1) is 19.4. The van der Waals surface area contributed by atoms with Crippen molar-refractivity contribution in [2.45, 2.75) is 49.2 Å². The van der Waals surface area contributed by atoms with E-state index in [-0.39, 0.29) is 38.5 Å². The number of nitrogen functional groups attached to an aromatic ring is 1. The van der Waals surface area contributed by atoms with Crippen LogP contribution in [0.25, 0.3) is 11.1 Å². The third kappa shape index (κ3) is 5.82. The third-order valence-electron chi connectivity index (χ3n) is 6.77. The van der Waals surface area contributed by atoms with Crippen LogP contribution in [0, 0.1) is 5.92 Å². The number of hydrazone groups is 1. The Labute approximate surface area is 243 Å². The average Bonchev–Trinajstić information content (AvgIpc) is 3.32. The van der Waals surface area contributed by atoms with Crippen molar-refractivity contribution < 1.29 is 39.9 Å². The molecule has 42 heavy (non-hydrogen) atoms. The van der Waals surface area contributed by atoms with E-state index < -0.39 is 46.0 Å². The number of halogens is 7. The predicted molar refractivity (Wildman–Crippen MR) is 149 cm³/mol. The van der Waals surface area contributed by atoms with Gasteiger partial charge in [0.15, 0.2) is 9.84 Å². The second-order valence-electron chi connectivity index (χ2n) is 10.3. The second kappa shape index (κ2) is 11.1. The zero-order valence-corrected chi connectivity index (χ0v) is 23.8. The van der Waals surface area contributed by atoms with Gasteiger partial charge in [0.2, 0.25) is 0 Å². The number of nitrogens with two attached hydrogens (primary N) is 1. The van der Waals surface area contributed by atoms with Crippen LogP contribution in [0.3, 0.4) is 0 Å². The summed E-state index contributed by atoms with van der Waals surface area (Å²) in [5.41, 5.74) is 0.646. The van der Waals surface area contributed by atoms with Crippen LogP contribution >= 0.6 is 11.6 Å². The molecule has 0 amide bonds. The molecule has 1 heterocycles. The molecule has 0 saturated carbocycles. The lowest BCUT2D eigenvalue weighted by Gasteiger charge is -2.32. The number of hydrogen-bond acceptors (Lipinski definition) is 6. The summed E-state index contributed by atoms with van der Waals surface area (Å²) in [6, 6.07) is 14.8. The van der Waals surface area contributed by atoms with Gasteiger partial charge in [0.05, 0.1) is 33.1 Å². The number of sulfone groups is 1. The molecule has 0 bridgehead atoms. The first-order valence-corrected chi connectivity index (χ1v) is 14.6. The minimum atomic E-state index is -6.12. The van der Waals surface area contributed by atoms with Gasteiger partial charge in [-0.15, -0.1) is 0 Å². The molecule has 1 aliphatic heterocycles. The number of para-hydroxylation sites is 1. The van der Waals surface area contributed by atoms with Gasteiger partial charge in [-0.25, -0.2) is 8.42 Å². The van der Waals surface area contributed by atoms with Crippen molar-refractivity contribution >= 4 is 38.5 Å². The molecular weight excluding hydrogens is 608 g/mol. The Morgan fingerprint density at radius 1 is 1.00 bits per heavy atom. The van der Waals surface area contributed by atoms with Gasteiger partial charge in [0.25, 0.3) is 5.60 Å². The smallest absolute Gasteiger partial charge is 0.398 e. The largest absolute Gasteiger partial charge is 0.431 e. The standard InChI is InChI=1S/C28H26ClF6N3O3S/c1-16(2)15-42(40,41)19-7-5-6-17(12-19)20-11-10-18(13-22(20)36)24-14-25(26(39,27(30,31)32)28(33,34)35)37-38(24)23-9-4-3-8-21(23)29/h3-13,16,24,39H,14-15,36H2,1-2H3. The zero-order valence-electron chi connectivity index (χ0n) is 22.2. The van der Waals surface area contributed by atoms with Crippen LogP contribution < -0.4 is 10.7 Å². The fourth-order valence-corrected chi connectivity index (χ4v) is 6.66. The highest BCUT2D eigenvalue weighted by Gasteiger charge is 2.74. The Balaban J connectivity index is 1.79. The van der Waals surface area contributed by atoms with Crippen LogP contribution in [0.5, 0.6) is 0 Å². The van der Waals surface area contributed by atoms with Crippen LogP contribution in [0.15, 0.2) is 76.7 Å². The van der Waals surface area contributed by atoms with Crippen molar-refractivity contribution in [2.75, 3.05) is 16.5 Å². The molecule has 14 heteroatoms. The van der Waals surface area contributed by atoms with Crippen LogP contribution in [0.4, 0.5) is 37.7 Å². The Morgan fingerprint density at radius 2 is 1.64 bits per heavy atom. The first-order valence-electron chi connectivity index (χ1n) is 12.6. The lowest BCUT2D eigenvalue weighted by molar-refractivity contribution is -0.338. The number of nitrogens with zero attached hydrogens (tertiary/aromatic N) is 2. The molecule has 1 unspecified atom stereocenters. The maximum atomic E-state index is 13.7. The van der Waals surface area contributed by atoms with E-state index in [1.54, 1.807) is 26.0 Å². The normalized spacial score (nSPS) is 16.7. The van der Waals surface area contributed by atoms with E-state index in [2.05, 4.69) is 5.10 Å². The van der Waals surface area contributed by atoms with Gasteiger partial charge in [0.1, 0.15) is 0 Å². The first kappa shape index (κ1) is 31.6. The molecule has 1 aliphatic rings. The van der Waals surface area contributed by atoms with E-state index in [0.717, 1.165) is 5.01 Å². The molecular formula is C28H26ClF6N3O3S. The monoisotopic (exact) mass is 633 g/mol. The van der Waals surface area contributed by atoms with Crippen molar-refractivity contribution in [2.24, 2.45) is 11.0 Å². The summed E-state index contributed by atoms with van der Waals surface area (Å²) in [4.78, 5) is 0.0782. The maximum Gasteiger partial charge on any atom is 0.431 e. The minimum Gasteiger partial charge on any atom is -0.398 e. The van der Waals surface area contributed by atoms with Gasteiger partial charge in [-0.05, 0) is 47.4 Å². The van der Waals surface area contributed by atoms with E-state index >= 15 is 0 Å². The van der Waals surface area contributed by atoms with Crippen molar-refractivity contribution in [1.29, 1.82) is 0 Å². The van der Waals surface area contributed by atoms with Crippen LogP contribution in [-0.2, 0) is 9.84 Å². The lowest BCUT2D eigenvalue weighted by Crippen LogP contribution is -2.62. The van der Waals surface area contributed by atoms with Gasteiger partial charge >= 0.3 is 12.4 Å². The van der Waals surface area contributed by atoms with Crippen molar-refractivity contribution in [1.82, 2.24) is 0 Å². The third-order valence-corrected chi connectivity index (χ3v) is 9.16. The number of alkyl halides is 6. The van der Waals surface area contributed by atoms with Gasteiger partial charge < -0.3 is 10.8 Å². The predicted octanol–water partition coefficient (Wildman–Crippen LogP) is 7.18. The molecule has 0 radical (unpaired) electrons. The second-order valence-corrected chi connectivity index (χ2v) is 12.8. The summed E-state index contributed by atoms with van der Waals surface area (Å²) in [5.74, 6) is -0.190. The number of aliphatic hydroxyl groups is 1. The Kier molecular flexibility index (Phi) is 8.35. The summed E-state index contributed by atoms with van der Waals surface area (Å²) < 4.78 is 108. The van der Waals surface area contributed by atoms with Gasteiger partial charge in [-0.1, -0.05) is 61.8 Å². The fraction of sp³-hybridized carbons (Fsp3) is 0.321. The molecule has 3 aromatic rings. The summed E-state index contributed by atoms with van der Waals surface area (Å²) in [7, 11) is -3.59. The highest BCUT2D eigenvalue weighted by Crippen LogP contribution is 2.49. The SMILES string of the molecule is CC(C)CS(=O)(=O)c1cccc(-c2ccc(C3CC(C(O)(C(F)(F)F)C(F)(F)F)=NN3c3ccccc3Cl)cc2N)c1. The highest BCUT2D eigenvalue weighted by atomic mass is 35.5. The van der Waals surface area contributed by atoms with E-state index in [0.29, 0.717) is 11.1 Å². The molecule has 4 rings (SSSR count). The van der Waals surface area contributed by atoms with E-state index in [4.69, 9.17) is 17.3 Å². The molecule has 226 valence electrons. The molecule has 6 nitrogen and oxygen atoms in total. The molecule has 0 spiro atoms. The van der Waals surface area contributed by atoms with Crippen molar-refractivity contribution in [3.05, 3.63) is 77.3 Å². The molecule has 3 aromatic carbocycles. The summed E-state index contributed by atoms with van der Waals surface area (Å²) in [6.07, 6.45) is -13.2. The number of hydrogen-bond donors (Lipinski definition) is 2. The molecule has 0 fully saturated rings. The highest BCUT2D eigenvalue weighted by molar-refractivity contribution is 7.91. The minimum absolute atomic E-state index is 0.000860. The van der Waals surface area contributed by atoms with Crippen LogP contribution in [0.1, 0.15) is 31.9 Å². The maximum absolute atomic E-state index is 13.7. The van der Waals surface area contributed by atoms with Crippen molar-refractivity contribution in [3.8, 4) is 11.1 Å². The number of rotatable bonds is 7. The van der Waals surface area contributed by atoms with E-state index in [1.165, 1.54) is 54.6 Å². The average molecular weight is 634 g/mol. The molecule has 1 atom stereocenters. The van der Waals surface area contributed by atoms with Gasteiger partial charge in [-0.2, -0.15) is 31.4 Å².